The van der Waals surface area contributed by atoms with E-state index in [0.717, 1.165) is 23.7 Å². The van der Waals surface area contributed by atoms with Gasteiger partial charge in [0.05, 0.1) is 5.69 Å². The van der Waals surface area contributed by atoms with Gasteiger partial charge in [0.2, 0.25) is 0 Å². The highest BCUT2D eigenvalue weighted by Gasteiger charge is 2.08. The van der Waals surface area contributed by atoms with Gasteiger partial charge in [-0.3, -0.25) is 0 Å². The predicted octanol–water partition coefficient (Wildman–Crippen LogP) is 4.77. The van der Waals surface area contributed by atoms with Crippen LogP contribution in [0.4, 0.5) is 0 Å². The fourth-order valence-electron chi connectivity index (χ4n) is 2.62. The summed E-state index contributed by atoms with van der Waals surface area (Å²) in [5.41, 5.74) is 3.60. The third-order valence-corrected chi connectivity index (χ3v) is 4.19. The van der Waals surface area contributed by atoms with E-state index in [0.29, 0.717) is 6.04 Å². The third kappa shape index (κ3) is 4.01. The molecule has 0 radical (unpaired) electrons. The molecule has 1 N–H and O–H groups in total. The lowest BCUT2D eigenvalue weighted by Crippen LogP contribution is -2.20. The zero-order chi connectivity index (χ0) is 16.1. The van der Waals surface area contributed by atoms with Crippen molar-refractivity contribution in [3.8, 4) is 5.69 Å². The molecule has 1 aromatic heterocycles. The van der Waals surface area contributed by atoms with Gasteiger partial charge in [-0.1, -0.05) is 42.8 Å². The first-order valence-electron chi connectivity index (χ1n) is 7.84. The Kier molecular flexibility index (Phi) is 5.11. The Hall–Kier alpha value is -2.10. The lowest BCUT2D eigenvalue weighted by molar-refractivity contribution is 0.519. The van der Waals surface area contributed by atoms with E-state index in [9.17, 15) is 0 Å². The smallest absolute Gasteiger partial charge is 0.0645 e. The molecule has 3 rings (SSSR count). The molecule has 0 aliphatic rings. The maximum atomic E-state index is 5.96. The van der Waals surface area contributed by atoms with Gasteiger partial charge < -0.3 is 5.32 Å². The van der Waals surface area contributed by atoms with Crippen LogP contribution in [0.1, 0.15) is 30.5 Å². The summed E-state index contributed by atoms with van der Waals surface area (Å²) in [6.45, 7) is 3.02. The molecule has 118 valence electrons. The predicted molar refractivity (Wildman–Crippen MR) is 94.9 cm³/mol. The molecule has 4 heteroatoms. The van der Waals surface area contributed by atoms with Crippen LogP contribution in [-0.2, 0) is 6.54 Å². The van der Waals surface area contributed by atoms with E-state index in [-0.39, 0.29) is 0 Å². The van der Waals surface area contributed by atoms with Crippen molar-refractivity contribution in [3.63, 3.8) is 0 Å². The number of nitrogens with one attached hydrogen (secondary N) is 1. The molecule has 0 amide bonds. The second kappa shape index (κ2) is 7.44. The summed E-state index contributed by atoms with van der Waals surface area (Å²) in [7, 11) is 0. The molecule has 0 aliphatic carbocycles. The Morgan fingerprint density at radius 1 is 1.09 bits per heavy atom. The van der Waals surface area contributed by atoms with Gasteiger partial charge in [-0.2, -0.15) is 5.10 Å². The van der Waals surface area contributed by atoms with E-state index < -0.39 is 0 Å². The second-order valence-electron chi connectivity index (χ2n) is 5.51. The van der Waals surface area contributed by atoms with Crippen LogP contribution in [0.3, 0.4) is 0 Å². The molecule has 0 saturated carbocycles. The quantitative estimate of drug-likeness (QED) is 0.707. The second-order valence-corrected chi connectivity index (χ2v) is 5.95. The van der Waals surface area contributed by atoms with Crippen molar-refractivity contribution in [2.24, 2.45) is 0 Å². The van der Waals surface area contributed by atoms with Gasteiger partial charge in [0.25, 0.3) is 0 Å². The maximum absolute atomic E-state index is 5.96. The van der Waals surface area contributed by atoms with E-state index >= 15 is 0 Å². The molecule has 1 heterocycles. The Morgan fingerprint density at radius 3 is 2.43 bits per heavy atom. The minimum atomic E-state index is 0.332. The summed E-state index contributed by atoms with van der Waals surface area (Å²) in [4.78, 5) is 0. The van der Waals surface area contributed by atoms with Crippen LogP contribution >= 0.6 is 11.6 Å². The Morgan fingerprint density at radius 2 is 1.83 bits per heavy atom. The highest BCUT2D eigenvalue weighted by molar-refractivity contribution is 6.30. The van der Waals surface area contributed by atoms with Crippen molar-refractivity contribution in [2.45, 2.75) is 25.9 Å². The minimum absolute atomic E-state index is 0.332. The molecule has 0 fully saturated rings. The third-order valence-electron chi connectivity index (χ3n) is 3.94. The number of halogens is 1. The van der Waals surface area contributed by atoms with Crippen LogP contribution in [0, 0.1) is 0 Å². The molecule has 1 atom stereocenters. The number of hydrogen-bond donors (Lipinski definition) is 1. The van der Waals surface area contributed by atoms with Crippen LogP contribution in [0.25, 0.3) is 5.69 Å². The topological polar surface area (TPSA) is 29.9 Å². The van der Waals surface area contributed by atoms with Crippen LogP contribution in [0.15, 0.2) is 67.0 Å². The van der Waals surface area contributed by atoms with Crippen molar-refractivity contribution in [1.82, 2.24) is 15.1 Å². The van der Waals surface area contributed by atoms with Gasteiger partial charge in [0.1, 0.15) is 0 Å². The first-order valence-corrected chi connectivity index (χ1v) is 8.22. The molecule has 0 aliphatic heterocycles. The molecule has 0 saturated heterocycles. The number of rotatable bonds is 6. The molecule has 1 unspecified atom stereocenters. The van der Waals surface area contributed by atoms with E-state index in [1.165, 1.54) is 11.1 Å². The summed E-state index contributed by atoms with van der Waals surface area (Å²) in [5, 5.41) is 8.63. The summed E-state index contributed by atoms with van der Waals surface area (Å²) >= 11 is 5.96. The molecular formula is C19H20ClN3. The van der Waals surface area contributed by atoms with Gasteiger partial charge in [0, 0.05) is 30.0 Å². The standard InChI is InChI=1S/C19H20ClN3/c1-2-19(16-6-8-17(20)9-7-16)21-14-15-4-10-18(11-5-15)23-13-3-12-22-23/h3-13,19,21H,2,14H2,1H3. The normalized spacial score (nSPS) is 12.3. The molecular weight excluding hydrogens is 306 g/mol. The highest BCUT2D eigenvalue weighted by atomic mass is 35.5. The SMILES string of the molecule is CCC(NCc1ccc(-n2cccn2)cc1)c1ccc(Cl)cc1. The molecule has 23 heavy (non-hydrogen) atoms. The minimum Gasteiger partial charge on any atom is -0.306 e. The molecule has 3 aromatic rings. The van der Waals surface area contributed by atoms with E-state index in [1.807, 2.05) is 29.1 Å². The molecule has 3 nitrogen and oxygen atoms in total. The Balaban J connectivity index is 1.63. The fraction of sp³-hybridized carbons (Fsp3) is 0.211. The van der Waals surface area contributed by atoms with Crippen LogP contribution in [0.2, 0.25) is 5.02 Å². The highest BCUT2D eigenvalue weighted by Crippen LogP contribution is 2.20. The summed E-state index contributed by atoms with van der Waals surface area (Å²) in [5.74, 6) is 0. The van der Waals surface area contributed by atoms with E-state index in [4.69, 9.17) is 11.6 Å². The van der Waals surface area contributed by atoms with Gasteiger partial charge >= 0.3 is 0 Å². The van der Waals surface area contributed by atoms with Crippen molar-refractivity contribution < 1.29 is 0 Å². The number of aromatic nitrogens is 2. The first-order chi connectivity index (χ1) is 11.3. The number of nitrogens with zero attached hydrogens (tertiary/aromatic N) is 2. The van der Waals surface area contributed by atoms with Gasteiger partial charge in [0.15, 0.2) is 0 Å². The lowest BCUT2D eigenvalue weighted by atomic mass is 10.0. The van der Waals surface area contributed by atoms with Crippen molar-refractivity contribution in [2.75, 3.05) is 0 Å². The average Bonchev–Trinajstić information content (AvgIpc) is 3.12. The first kappa shape index (κ1) is 15.8. The van der Waals surface area contributed by atoms with E-state index in [2.05, 4.69) is 53.7 Å². The number of hydrogen-bond acceptors (Lipinski definition) is 2. The molecule has 0 bridgehead atoms. The summed E-state index contributed by atoms with van der Waals surface area (Å²) < 4.78 is 1.86. The summed E-state index contributed by atoms with van der Waals surface area (Å²) in [6.07, 6.45) is 4.77. The average molecular weight is 326 g/mol. The maximum Gasteiger partial charge on any atom is 0.0645 e. The number of benzene rings is 2. The van der Waals surface area contributed by atoms with Crippen molar-refractivity contribution >= 4 is 11.6 Å². The fourth-order valence-corrected chi connectivity index (χ4v) is 2.75. The van der Waals surface area contributed by atoms with Gasteiger partial charge in [-0.05, 0) is 47.9 Å². The van der Waals surface area contributed by atoms with Gasteiger partial charge in [-0.15, -0.1) is 0 Å². The monoisotopic (exact) mass is 325 g/mol. The summed E-state index contributed by atoms with van der Waals surface area (Å²) in [6, 6.07) is 18.8. The van der Waals surface area contributed by atoms with Crippen LogP contribution in [-0.4, -0.2) is 9.78 Å². The Labute approximate surface area is 141 Å². The van der Waals surface area contributed by atoms with Crippen molar-refractivity contribution in [1.29, 1.82) is 0 Å². The van der Waals surface area contributed by atoms with Gasteiger partial charge in [-0.25, -0.2) is 4.68 Å². The Bertz CT molecular complexity index is 718. The van der Waals surface area contributed by atoms with E-state index in [1.54, 1.807) is 6.20 Å². The molecule has 2 aromatic carbocycles. The zero-order valence-corrected chi connectivity index (χ0v) is 13.9. The zero-order valence-electron chi connectivity index (χ0n) is 13.1. The van der Waals surface area contributed by atoms with Crippen LogP contribution in [0.5, 0.6) is 0 Å². The van der Waals surface area contributed by atoms with Crippen LogP contribution < -0.4 is 5.32 Å². The molecule has 0 spiro atoms. The largest absolute Gasteiger partial charge is 0.306 e. The lowest BCUT2D eigenvalue weighted by Gasteiger charge is -2.18. The van der Waals surface area contributed by atoms with Crippen molar-refractivity contribution in [3.05, 3.63) is 83.1 Å².